The van der Waals surface area contributed by atoms with E-state index in [1.54, 1.807) is 0 Å². The van der Waals surface area contributed by atoms with E-state index in [-0.39, 0.29) is 22.7 Å². The zero-order valence-corrected chi connectivity index (χ0v) is 14.0. The van der Waals surface area contributed by atoms with Crippen LogP contribution in [0.3, 0.4) is 0 Å². The number of imidazole rings is 1. The summed E-state index contributed by atoms with van der Waals surface area (Å²) in [5.41, 5.74) is 4.14. The fourth-order valence-corrected chi connectivity index (χ4v) is 3.64. The van der Waals surface area contributed by atoms with E-state index in [1.807, 2.05) is 0 Å². The standard InChI is InChI=1S/C15H19N5O7/c1-5-8(22)10(24)12(26-5)15(11(25)9(23)6(2-21)27-15)20-4-19-7-13(16)17-3-18-14(7)20/h3-4,6,8-12,21-25H,1-2H2,(H2,16,17,18)/t6-,8?,9-,10-,11-,12-,15+/m1/s1. The minimum atomic E-state index is -1.98. The van der Waals surface area contributed by atoms with Crippen molar-refractivity contribution in [3.05, 3.63) is 25.0 Å². The normalized spacial score (nSPS) is 39.2. The first-order valence-corrected chi connectivity index (χ1v) is 8.13. The molecular formula is C15H19N5O7. The van der Waals surface area contributed by atoms with Crippen molar-refractivity contribution in [3.8, 4) is 0 Å². The first-order valence-electron chi connectivity index (χ1n) is 8.13. The van der Waals surface area contributed by atoms with Gasteiger partial charge in [0.25, 0.3) is 0 Å². The maximum absolute atomic E-state index is 10.8. The lowest BCUT2D eigenvalue weighted by molar-refractivity contribution is -0.220. The summed E-state index contributed by atoms with van der Waals surface area (Å²) in [6.07, 6.45) is -6.38. The molecule has 2 fully saturated rings. The van der Waals surface area contributed by atoms with E-state index >= 15 is 0 Å². The number of nitrogens with zero attached hydrogens (tertiary/aromatic N) is 4. The van der Waals surface area contributed by atoms with Crippen LogP contribution in [0.2, 0.25) is 0 Å². The van der Waals surface area contributed by atoms with Crippen LogP contribution < -0.4 is 5.73 Å². The van der Waals surface area contributed by atoms with Crippen LogP contribution in [0.5, 0.6) is 0 Å². The number of aliphatic hydroxyl groups excluding tert-OH is 5. The van der Waals surface area contributed by atoms with Crippen LogP contribution >= 0.6 is 0 Å². The van der Waals surface area contributed by atoms with Crippen LogP contribution in [0.4, 0.5) is 5.82 Å². The third-order valence-electron chi connectivity index (χ3n) is 5.04. The van der Waals surface area contributed by atoms with Crippen molar-refractivity contribution in [1.29, 1.82) is 0 Å². The molecule has 4 heterocycles. The van der Waals surface area contributed by atoms with Crippen molar-refractivity contribution in [1.82, 2.24) is 19.5 Å². The monoisotopic (exact) mass is 381 g/mol. The number of nitrogen functional groups attached to an aromatic ring is 1. The summed E-state index contributed by atoms with van der Waals surface area (Å²) in [6.45, 7) is 2.91. The van der Waals surface area contributed by atoms with Gasteiger partial charge in [-0.05, 0) is 0 Å². The second-order valence-electron chi connectivity index (χ2n) is 6.51. The molecule has 0 saturated carbocycles. The number of fused-ring (bicyclic) bond motifs is 1. The molecule has 1 unspecified atom stereocenters. The van der Waals surface area contributed by atoms with E-state index in [1.165, 1.54) is 17.2 Å². The highest BCUT2D eigenvalue weighted by Gasteiger charge is 2.65. The van der Waals surface area contributed by atoms with Gasteiger partial charge in [0, 0.05) is 0 Å². The Kier molecular flexibility index (Phi) is 4.06. The van der Waals surface area contributed by atoms with E-state index in [9.17, 15) is 25.5 Å². The summed E-state index contributed by atoms with van der Waals surface area (Å²) in [5, 5.41) is 51.2. The zero-order chi connectivity index (χ0) is 19.5. The molecule has 0 radical (unpaired) electrons. The average molecular weight is 381 g/mol. The number of rotatable bonds is 3. The molecule has 2 aromatic heterocycles. The number of anilines is 1. The minimum Gasteiger partial charge on any atom is -0.484 e. The van der Waals surface area contributed by atoms with Gasteiger partial charge in [0.15, 0.2) is 17.6 Å². The van der Waals surface area contributed by atoms with Gasteiger partial charge in [-0.2, -0.15) is 0 Å². The topological polar surface area (TPSA) is 189 Å². The van der Waals surface area contributed by atoms with Gasteiger partial charge in [0.1, 0.15) is 48.1 Å². The highest BCUT2D eigenvalue weighted by molar-refractivity contribution is 5.81. The maximum atomic E-state index is 10.8. The van der Waals surface area contributed by atoms with Crippen LogP contribution in [-0.4, -0.2) is 88.3 Å². The molecular weight excluding hydrogens is 362 g/mol. The Morgan fingerprint density at radius 3 is 2.52 bits per heavy atom. The van der Waals surface area contributed by atoms with Crippen molar-refractivity contribution >= 4 is 17.0 Å². The van der Waals surface area contributed by atoms with Gasteiger partial charge in [0.2, 0.25) is 5.72 Å². The molecule has 0 aromatic carbocycles. The Bertz CT molecular complexity index is 891. The van der Waals surface area contributed by atoms with Crippen LogP contribution in [0.1, 0.15) is 0 Å². The Labute approximate surface area is 152 Å². The van der Waals surface area contributed by atoms with Crippen molar-refractivity contribution in [2.75, 3.05) is 12.3 Å². The lowest BCUT2D eigenvalue weighted by Crippen LogP contribution is -2.58. The van der Waals surface area contributed by atoms with E-state index in [0.29, 0.717) is 0 Å². The fourth-order valence-electron chi connectivity index (χ4n) is 3.64. The summed E-state index contributed by atoms with van der Waals surface area (Å²) in [7, 11) is 0. The molecule has 146 valence electrons. The Hall–Kier alpha value is -2.35. The third-order valence-corrected chi connectivity index (χ3v) is 5.04. The molecule has 0 bridgehead atoms. The number of aromatic nitrogens is 4. The molecule has 2 saturated heterocycles. The van der Waals surface area contributed by atoms with Gasteiger partial charge in [-0.25, -0.2) is 15.0 Å². The molecule has 4 rings (SSSR count). The predicted octanol–water partition coefficient (Wildman–Crippen LogP) is -3.19. The first kappa shape index (κ1) is 18.0. The smallest absolute Gasteiger partial charge is 0.216 e. The molecule has 2 aliphatic rings. The summed E-state index contributed by atoms with van der Waals surface area (Å²) >= 11 is 0. The summed E-state index contributed by atoms with van der Waals surface area (Å²) in [4.78, 5) is 12.0. The summed E-state index contributed by atoms with van der Waals surface area (Å²) in [6, 6.07) is 0. The molecule has 12 heteroatoms. The lowest BCUT2D eigenvalue weighted by Gasteiger charge is -2.38. The van der Waals surface area contributed by atoms with Crippen LogP contribution in [-0.2, 0) is 15.2 Å². The number of aliphatic hydroxyl groups is 5. The average Bonchev–Trinajstić information content (AvgIpc) is 3.28. The SMILES string of the molecule is C=C1O[C@@H]([C@@]2(n3cnc4c(N)ncnc43)O[C@H](CO)[C@@H](O)[C@H]2O)[C@H](O)C1O. The summed E-state index contributed by atoms with van der Waals surface area (Å²) in [5.74, 6) is -0.0684. The van der Waals surface area contributed by atoms with Gasteiger partial charge in [-0.15, -0.1) is 0 Å². The highest BCUT2D eigenvalue weighted by atomic mass is 16.6. The Morgan fingerprint density at radius 1 is 1.19 bits per heavy atom. The molecule has 2 aliphatic heterocycles. The highest BCUT2D eigenvalue weighted by Crippen LogP contribution is 2.46. The fraction of sp³-hybridized carbons (Fsp3) is 0.533. The van der Waals surface area contributed by atoms with Gasteiger partial charge in [-0.3, -0.25) is 4.57 Å². The second kappa shape index (κ2) is 6.09. The van der Waals surface area contributed by atoms with E-state index in [4.69, 9.17) is 15.2 Å². The van der Waals surface area contributed by atoms with E-state index in [0.717, 1.165) is 0 Å². The zero-order valence-electron chi connectivity index (χ0n) is 14.0. The van der Waals surface area contributed by atoms with E-state index in [2.05, 4.69) is 21.5 Å². The molecule has 12 nitrogen and oxygen atoms in total. The Morgan fingerprint density at radius 2 is 1.93 bits per heavy atom. The van der Waals surface area contributed by atoms with Gasteiger partial charge in [0.05, 0.1) is 12.9 Å². The number of nitrogens with two attached hydrogens (primary N) is 1. The second-order valence-corrected chi connectivity index (χ2v) is 6.51. The summed E-state index contributed by atoms with van der Waals surface area (Å²) < 4.78 is 12.5. The lowest BCUT2D eigenvalue weighted by atomic mass is 9.92. The molecule has 0 amide bonds. The first-order chi connectivity index (χ1) is 12.8. The molecule has 7 atom stereocenters. The van der Waals surface area contributed by atoms with Crippen molar-refractivity contribution in [3.63, 3.8) is 0 Å². The molecule has 7 N–H and O–H groups in total. The quantitative estimate of drug-likeness (QED) is 0.314. The molecule has 0 aliphatic carbocycles. The van der Waals surface area contributed by atoms with Crippen molar-refractivity contribution < 1.29 is 35.0 Å². The predicted molar refractivity (Wildman–Crippen MR) is 87.7 cm³/mol. The molecule has 0 spiro atoms. The largest absolute Gasteiger partial charge is 0.484 e. The van der Waals surface area contributed by atoms with Gasteiger partial charge in [-0.1, -0.05) is 6.58 Å². The number of ether oxygens (including phenoxy) is 2. The number of hydrogen-bond donors (Lipinski definition) is 6. The molecule has 2 aromatic rings. The van der Waals surface area contributed by atoms with Crippen molar-refractivity contribution in [2.45, 2.75) is 42.3 Å². The number of hydrogen-bond acceptors (Lipinski definition) is 11. The van der Waals surface area contributed by atoms with Crippen LogP contribution in [0, 0.1) is 0 Å². The van der Waals surface area contributed by atoms with Gasteiger partial charge >= 0.3 is 0 Å². The Balaban J connectivity index is 1.95. The van der Waals surface area contributed by atoms with Crippen molar-refractivity contribution in [2.24, 2.45) is 0 Å². The van der Waals surface area contributed by atoms with Crippen LogP contribution in [0.15, 0.2) is 25.0 Å². The third kappa shape index (κ3) is 2.29. The van der Waals surface area contributed by atoms with E-state index < -0.39 is 49.0 Å². The van der Waals surface area contributed by atoms with Gasteiger partial charge < -0.3 is 40.7 Å². The van der Waals surface area contributed by atoms with Crippen LogP contribution in [0.25, 0.3) is 11.2 Å². The maximum Gasteiger partial charge on any atom is 0.216 e. The minimum absolute atomic E-state index is 0.0676. The molecule has 27 heavy (non-hydrogen) atoms.